The Bertz CT molecular complexity index is 813. The van der Waals surface area contributed by atoms with Crippen molar-refractivity contribution in [2.75, 3.05) is 19.6 Å². The van der Waals surface area contributed by atoms with Crippen molar-refractivity contribution >= 4 is 11.8 Å². The SMILES string of the molecule is Cc1cc(C(=O)NCC(C)(C)NCC(=O)N2C[C@@H](F)C[C@H]2C#N)c(C(F)(F)F)o1. The van der Waals surface area contributed by atoms with Crippen LogP contribution in [0.5, 0.6) is 0 Å². The minimum absolute atomic E-state index is 0.0344. The molecule has 11 heteroatoms. The molecular weight excluding hydrogens is 396 g/mol. The zero-order chi connectivity index (χ0) is 22.0. The van der Waals surface area contributed by atoms with Gasteiger partial charge in [-0.1, -0.05) is 0 Å². The third kappa shape index (κ3) is 5.69. The molecule has 2 atom stereocenters. The topological polar surface area (TPSA) is 98.4 Å². The molecule has 1 aliphatic heterocycles. The predicted octanol–water partition coefficient (Wildman–Crippen LogP) is 2.17. The van der Waals surface area contributed by atoms with Gasteiger partial charge in [0.15, 0.2) is 0 Å². The summed E-state index contributed by atoms with van der Waals surface area (Å²) >= 11 is 0. The van der Waals surface area contributed by atoms with Gasteiger partial charge in [-0.05, 0) is 26.8 Å². The molecule has 0 radical (unpaired) electrons. The van der Waals surface area contributed by atoms with Gasteiger partial charge in [0, 0.05) is 18.5 Å². The number of carbonyl (C=O) groups excluding carboxylic acids is 2. The van der Waals surface area contributed by atoms with Crippen molar-refractivity contribution < 1.29 is 31.6 Å². The molecule has 0 unspecified atom stereocenters. The normalized spacial score (nSPS) is 19.9. The van der Waals surface area contributed by atoms with Crippen LogP contribution in [0.2, 0.25) is 0 Å². The lowest BCUT2D eigenvalue weighted by molar-refractivity contribution is -0.153. The summed E-state index contributed by atoms with van der Waals surface area (Å²) in [6.45, 7) is 4.11. The molecule has 160 valence electrons. The van der Waals surface area contributed by atoms with Crippen LogP contribution in [0.25, 0.3) is 0 Å². The predicted molar refractivity (Wildman–Crippen MR) is 93.5 cm³/mol. The van der Waals surface area contributed by atoms with E-state index in [-0.39, 0.29) is 31.8 Å². The minimum atomic E-state index is -4.80. The number of amides is 2. The van der Waals surface area contributed by atoms with Crippen LogP contribution >= 0.6 is 0 Å². The number of furan rings is 1. The highest BCUT2D eigenvalue weighted by atomic mass is 19.4. The maximum Gasteiger partial charge on any atom is 0.450 e. The molecule has 0 aliphatic carbocycles. The summed E-state index contributed by atoms with van der Waals surface area (Å²) in [5, 5.41) is 14.3. The first-order chi connectivity index (χ1) is 13.3. The molecule has 0 spiro atoms. The molecule has 1 aliphatic rings. The van der Waals surface area contributed by atoms with Crippen molar-refractivity contribution in [3.63, 3.8) is 0 Å². The lowest BCUT2D eigenvalue weighted by Gasteiger charge is -2.28. The summed E-state index contributed by atoms with van der Waals surface area (Å²) in [5.41, 5.74) is -1.48. The maximum absolute atomic E-state index is 13.4. The van der Waals surface area contributed by atoms with Crippen LogP contribution in [0.4, 0.5) is 17.6 Å². The molecule has 2 amide bonds. The van der Waals surface area contributed by atoms with Crippen molar-refractivity contribution in [2.24, 2.45) is 0 Å². The highest BCUT2D eigenvalue weighted by Gasteiger charge is 2.40. The van der Waals surface area contributed by atoms with Gasteiger partial charge in [-0.3, -0.25) is 9.59 Å². The van der Waals surface area contributed by atoms with Gasteiger partial charge in [0.05, 0.1) is 24.7 Å². The molecule has 0 bridgehead atoms. The van der Waals surface area contributed by atoms with E-state index in [0.717, 1.165) is 11.0 Å². The Hall–Kier alpha value is -2.61. The maximum atomic E-state index is 13.4. The van der Waals surface area contributed by atoms with Gasteiger partial charge in [-0.2, -0.15) is 18.4 Å². The highest BCUT2D eigenvalue weighted by molar-refractivity contribution is 5.95. The smallest absolute Gasteiger partial charge is 0.450 e. The van der Waals surface area contributed by atoms with Gasteiger partial charge in [-0.25, -0.2) is 4.39 Å². The van der Waals surface area contributed by atoms with E-state index in [1.165, 1.54) is 6.92 Å². The second kappa shape index (κ2) is 8.41. The Morgan fingerprint density at radius 3 is 2.62 bits per heavy atom. The largest absolute Gasteiger partial charge is 0.456 e. The lowest BCUT2D eigenvalue weighted by Crippen LogP contribution is -2.53. The zero-order valence-corrected chi connectivity index (χ0v) is 16.2. The summed E-state index contributed by atoms with van der Waals surface area (Å²) in [5.74, 6) is -2.85. The monoisotopic (exact) mass is 418 g/mol. The average Bonchev–Trinajstić information content (AvgIpc) is 3.20. The van der Waals surface area contributed by atoms with Crippen LogP contribution in [-0.2, 0) is 11.0 Å². The van der Waals surface area contributed by atoms with E-state index >= 15 is 0 Å². The van der Waals surface area contributed by atoms with Crippen molar-refractivity contribution in [3.8, 4) is 6.07 Å². The number of hydrogen-bond acceptors (Lipinski definition) is 5. The molecule has 29 heavy (non-hydrogen) atoms. The standard InChI is InChI=1S/C18H22F4N4O3/c1-10-4-13(15(29-10)18(20,21)22)16(28)24-9-17(2,3)25-7-14(27)26-8-11(19)5-12(26)6-23/h4,11-12,25H,5,7-9H2,1-3H3,(H,24,28)/t11-,12-/m0/s1. The Labute approximate surface area is 165 Å². The van der Waals surface area contributed by atoms with Crippen LogP contribution in [0.1, 0.15) is 42.1 Å². The van der Waals surface area contributed by atoms with E-state index in [1.54, 1.807) is 13.8 Å². The van der Waals surface area contributed by atoms with Gasteiger partial charge >= 0.3 is 6.18 Å². The number of nitrogens with zero attached hydrogens (tertiary/aromatic N) is 2. The van der Waals surface area contributed by atoms with E-state index < -0.39 is 47.1 Å². The van der Waals surface area contributed by atoms with Crippen LogP contribution in [0.15, 0.2) is 10.5 Å². The van der Waals surface area contributed by atoms with Crippen LogP contribution in [0, 0.1) is 18.3 Å². The molecule has 1 fully saturated rings. The van der Waals surface area contributed by atoms with E-state index in [2.05, 4.69) is 15.1 Å². The average molecular weight is 418 g/mol. The first-order valence-electron chi connectivity index (χ1n) is 8.88. The molecule has 7 nitrogen and oxygen atoms in total. The van der Waals surface area contributed by atoms with E-state index in [9.17, 15) is 27.2 Å². The number of hydrogen-bond donors (Lipinski definition) is 2. The molecule has 0 saturated carbocycles. The van der Waals surface area contributed by atoms with E-state index in [0.29, 0.717) is 0 Å². The van der Waals surface area contributed by atoms with Crippen LogP contribution in [0.3, 0.4) is 0 Å². The molecule has 1 aromatic heterocycles. The van der Waals surface area contributed by atoms with Crippen LogP contribution < -0.4 is 10.6 Å². The second-order valence-electron chi connectivity index (χ2n) is 7.54. The third-order valence-corrected chi connectivity index (χ3v) is 4.49. The van der Waals surface area contributed by atoms with Crippen LogP contribution in [-0.4, -0.2) is 54.1 Å². The van der Waals surface area contributed by atoms with Gasteiger partial charge in [0.25, 0.3) is 5.91 Å². The highest BCUT2D eigenvalue weighted by Crippen LogP contribution is 2.34. The van der Waals surface area contributed by atoms with E-state index in [4.69, 9.17) is 5.26 Å². The van der Waals surface area contributed by atoms with Gasteiger partial charge in [0.2, 0.25) is 11.7 Å². The zero-order valence-electron chi connectivity index (χ0n) is 16.2. The fraction of sp³-hybridized carbons (Fsp3) is 0.611. The molecule has 2 rings (SSSR count). The molecule has 0 aromatic carbocycles. The Kier molecular flexibility index (Phi) is 6.57. The lowest BCUT2D eigenvalue weighted by atomic mass is 10.1. The van der Waals surface area contributed by atoms with Crippen molar-refractivity contribution in [1.82, 2.24) is 15.5 Å². The Balaban J connectivity index is 1.93. The molecular formula is C18H22F4N4O3. The first kappa shape index (κ1) is 22.7. The van der Waals surface area contributed by atoms with Gasteiger partial charge in [-0.15, -0.1) is 0 Å². The number of halogens is 4. The summed E-state index contributed by atoms with van der Waals surface area (Å²) in [6, 6.07) is 2.06. The Morgan fingerprint density at radius 1 is 1.38 bits per heavy atom. The second-order valence-corrected chi connectivity index (χ2v) is 7.54. The van der Waals surface area contributed by atoms with Crippen molar-refractivity contribution in [3.05, 3.63) is 23.2 Å². The minimum Gasteiger partial charge on any atom is -0.456 e. The van der Waals surface area contributed by atoms with Gasteiger partial charge in [0.1, 0.15) is 18.0 Å². The van der Waals surface area contributed by atoms with Crippen molar-refractivity contribution in [1.29, 1.82) is 5.26 Å². The quantitative estimate of drug-likeness (QED) is 0.690. The number of nitriles is 1. The van der Waals surface area contributed by atoms with Crippen molar-refractivity contribution in [2.45, 2.75) is 51.1 Å². The Morgan fingerprint density at radius 2 is 2.03 bits per heavy atom. The fourth-order valence-electron chi connectivity index (χ4n) is 2.95. The molecule has 2 heterocycles. The third-order valence-electron chi connectivity index (χ3n) is 4.49. The number of nitrogens with one attached hydrogen (secondary N) is 2. The number of alkyl halides is 4. The van der Waals surface area contributed by atoms with Gasteiger partial charge < -0.3 is 20.0 Å². The molecule has 2 N–H and O–H groups in total. The summed E-state index contributed by atoms with van der Waals surface area (Å²) in [7, 11) is 0. The number of carbonyl (C=O) groups is 2. The number of rotatable bonds is 6. The molecule has 1 saturated heterocycles. The summed E-state index contributed by atoms with van der Waals surface area (Å²) < 4.78 is 56.9. The summed E-state index contributed by atoms with van der Waals surface area (Å²) in [6.07, 6.45) is -6.09. The first-order valence-corrected chi connectivity index (χ1v) is 8.88. The fourth-order valence-corrected chi connectivity index (χ4v) is 2.95. The number of aryl methyl sites for hydroxylation is 1. The number of likely N-dealkylation sites (tertiary alicyclic amines) is 1. The molecule has 1 aromatic rings. The van der Waals surface area contributed by atoms with E-state index in [1.807, 2.05) is 6.07 Å². The summed E-state index contributed by atoms with van der Waals surface area (Å²) in [4.78, 5) is 25.6.